The van der Waals surface area contributed by atoms with Gasteiger partial charge < -0.3 is 5.11 Å². The van der Waals surface area contributed by atoms with Crippen LogP contribution in [0.15, 0.2) is 29.2 Å². The quantitative estimate of drug-likeness (QED) is 0.770. The zero-order valence-electron chi connectivity index (χ0n) is 12.5. The van der Waals surface area contributed by atoms with Crippen molar-refractivity contribution in [2.75, 3.05) is 6.54 Å². The fourth-order valence-electron chi connectivity index (χ4n) is 2.25. The average molecular weight is 310 g/mol. The lowest BCUT2D eigenvalue weighted by atomic mass is 9.93. The zero-order chi connectivity index (χ0) is 15.9. The van der Waals surface area contributed by atoms with Crippen molar-refractivity contribution in [2.45, 2.75) is 50.0 Å². The number of nitriles is 1. The number of hydrogen-bond acceptors (Lipinski definition) is 4. The molecule has 0 aliphatic heterocycles. The van der Waals surface area contributed by atoms with E-state index in [0.29, 0.717) is 18.4 Å². The lowest BCUT2D eigenvalue weighted by Crippen LogP contribution is -2.42. The molecule has 0 fully saturated rings. The fourth-order valence-corrected chi connectivity index (χ4v) is 3.37. The van der Waals surface area contributed by atoms with Gasteiger partial charge >= 0.3 is 0 Å². The Bertz CT molecular complexity index is 582. The summed E-state index contributed by atoms with van der Waals surface area (Å²) in [6, 6.07) is 7.63. The van der Waals surface area contributed by atoms with Crippen LogP contribution in [0.25, 0.3) is 0 Å². The molecule has 0 unspecified atom stereocenters. The van der Waals surface area contributed by atoms with E-state index in [4.69, 9.17) is 5.26 Å². The van der Waals surface area contributed by atoms with E-state index >= 15 is 0 Å². The molecule has 0 aliphatic carbocycles. The standard InChI is InChI=1S/C15H22N2O3S/c1-3-9-15(18,10-4-2)12-17-21(19,20)14-7-5-13(11-16)6-8-14/h5-8,17-18H,3-4,9-10,12H2,1-2H3. The first-order valence-electron chi connectivity index (χ1n) is 7.09. The average Bonchev–Trinajstić information content (AvgIpc) is 2.46. The van der Waals surface area contributed by atoms with Gasteiger partial charge in [-0.25, -0.2) is 13.1 Å². The van der Waals surface area contributed by atoms with Gasteiger partial charge in [-0.3, -0.25) is 0 Å². The van der Waals surface area contributed by atoms with Gasteiger partial charge in [0.25, 0.3) is 0 Å². The van der Waals surface area contributed by atoms with Crippen LogP contribution in [0.1, 0.15) is 45.1 Å². The van der Waals surface area contributed by atoms with E-state index in [-0.39, 0.29) is 11.4 Å². The second-order valence-electron chi connectivity index (χ2n) is 5.19. The minimum atomic E-state index is -3.67. The molecule has 6 heteroatoms. The van der Waals surface area contributed by atoms with Gasteiger partial charge in [-0.1, -0.05) is 26.7 Å². The van der Waals surface area contributed by atoms with E-state index in [1.165, 1.54) is 24.3 Å². The summed E-state index contributed by atoms with van der Waals surface area (Å²) < 4.78 is 26.8. The third-order valence-corrected chi connectivity index (χ3v) is 4.73. The third kappa shape index (κ3) is 5.12. The molecule has 0 amide bonds. The molecule has 2 N–H and O–H groups in total. The molecule has 5 nitrogen and oxygen atoms in total. The van der Waals surface area contributed by atoms with Crippen LogP contribution < -0.4 is 4.72 Å². The first-order valence-corrected chi connectivity index (χ1v) is 8.57. The van der Waals surface area contributed by atoms with Gasteiger partial charge in [0.2, 0.25) is 10.0 Å². The Balaban J connectivity index is 2.82. The maximum absolute atomic E-state index is 12.2. The molecular formula is C15H22N2O3S. The first kappa shape index (κ1) is 17.6. The summed E-state index contributed by atoms with van der Waals surface area (Å²) in [4.78, 5) is 0.0943. The molecule has 21 heavy (non-hydrogen) atoms. The Morgan fingerprint density at radius 3 is 2.14 bits per heavy atom. The zero-order valence-corrected chi connectivity index (χ0v) is 13.3. The molecule has 0 spiro atoms. The highest BCUT2D eigenvalue weighted by molar-refractivity contribution is 7.89. The molecule has 1 aromatic rings. The van der Waals surface area contributed by atoms with Crippen LogP contribution in [0.2, 0.25) is 0 Å². The van der Waals surface area contributed by atoms with Crippen molar-refractivity contribution < 1.29 is 13.5 Å². The number of sulfonamides is 1. The molecule has 0 radical (unpaired) electrons. The number of nitrogens with zero attached hydrogens (tertiary/aromatic N) is 1. The Morgan fingerprint density at radius 2 is 1.71 bits per heavy atom. The van der Waals surface area contributed by atoms with Crippen molar-refractivity contribution in [3.05, 3.63) is 29.8 Å². The number of hydrogen-bond donors (Lipinski definition) is 2. The fraction of sp³-hybridized carbons (Fsp3) is 0.533. The largest absolute Gasteiger partial charge is 0.389 e. The number of benzene rings is 1. The number of aliphatic hydroxyl groups is 1. The van der Waals surface area contributed by atoms with Crippen molar-refractivity contribution in [1.29, 1.82) is 5.26 Å². The Morgan fingerprint density at radius 1 is 1.19 bits per heavy atom. The Hall–Kier alpha value is -1.42. The minimum absolute atomic E-state index is 0.00296. The molecule has 0 bridgehead atoms. The maximum atomic E-state index is 12.2. The summed E-state index contributed by atoms with van der Waals surface area (Å²) in [7, 11) is -3.67. The van der Waals surface area contributed by atoms with Crippen molar-refractivity contribution in [3.8, 4) is 6.07 Å². The molecular weight excluding hydrogens is 288 g/mol. The molecule has 1 rings (SSSR count). The lowest BCUT2D eigenvalue weighted by molar-refractivity contribution is 0.0266. The van der Waals surface area contributed by atoms with Crippen LogP contribution >= 0.6 is 0 Å². The smallest absolute Gasteiger partial charge is 0.240 e. The van der Waals surface area contributed by atoms with E-state index in [1.54, 1.807) is 0 Å². The van der Waals surface area contributed by atoms with E-state index in [0.717, 1.165) is 12.8 Å². The van der Waals surface area contributed by atoms with Crippen LogP contribution in [0, 0.1) is 11.3 Å². The van der Waals surface area contributed by atoms with Gasteiger partial charge in [-0.15, -0.1) is 0 Å². The maximum Gasteiger partial charge on any atom is 0.240 e. The molecule has 1 aromatic carbocycles. The number of rotatable bonds is 8. The summed E-state index contributed by atoms with van der Waals surface area (Å²) in [6.45, 7) is 3.91. The van der Waals surface area contributed by atoms with Gasteiger partial charge in [-0.05, 0) is 37.1 Å². The second-order valence-corrected chi connectivity index (χ2v) is 6.95. The van der Waals surface area contributed by atoms with Gasteiger partial charge in [0.1, 0.15) is 0 Å². The molecule has 116 valence electrons. The van der Waals surface area contributed by atoms with Crippen LogP contribution in [0.4, 0.5) is 0 Å². The van der Waals surface area contributed by atoms with Crippen LogP contribution in [0.3, 0.4) is 0 Å². The molecule has 0 saturated heterocycles. The predicted molar refractivity (Wildman–Crippen MR) is 81.1 cm³/mol. The van der Waals surface area contributed by atoms with E-state index in [9.17, 15) is 13.5 Å². The third-order valence-electron chi connectivity index (χ3n) is 3.32. The summed E-state index contributed by atoms with van der Waals surface area (Å²) in [5.41, 5.74) is -0.606. The summed E-state index contributed by atoms with van der Waals surface area (Å²) in [5.74, 6) is 0. The van der Waals surface area contributed by atoms with Crippen molar-refractivity contribution in [1.82, 2.24) is 4.72 Å². The van der Waals surface area contributed by atoms with Crippen molar-refractivity contribution in [2.24, 2.45) is 0 Å². The molecule has 0 aliphatic rings. The van der Waals surface area contributed by atoms with Crippen molar-refractivity contribution in [3.63, 3.8) is 0 Å². The molecule has 0 atom stereocenters. The van der Waals surface area contributed by atoms with Crippen LogP contribution in [-0.2, 0) is 10.0 Å². The Kier molecular flexibility index (Phi) is 6.34. The highest BCUT2D eigenvalue weighted by Gasteiger charge is 2.27. The van der Waals surface area contributed by atoms with E-state index < -0.39 is 15.6 Å². The Labute approximate surface area is 126 Å². The summed E-state index contributed by atoms with van der Waals surface area (Å²) in [6.07, 6.45) is 2.68. The highest BCUT2D eigenvalue weighted by atomic mass is 32.2. The van der Waals surface area contributed by atoms with Gasteiger partial charge in [-0.2, -0.15) is 5.26 Å². The SMILES string of the molecule is CCCC(O)(CCC)CNS(=O)(=O)c1ccc(C#N)cc1. The molecule has 0 heterocycles. The predicted octanol–water partition coefficient (Wildman–Crippen LogP) is 2.17. The summed E-state index contributed by atoms with van der Waals surface area (Å²) >= 11 is 0. The van der Waals surface area contributed by atoms with Gasteiger partial charge in [0.15, 0.2) is 0 Å². The van der Waals surface area contributed by atoms with Crippen LogP contribution in [0.5, 0.6) is 0 Å². The lowest BCUT2D eigenvalue weighted by Gasteiger charge is -2.27. The van der Waals surface area contributed by atoms with E-state index in [1.807, 2.05) is 19.9 Å². The van der Waals surface area contributed by atoms with Gasteiger partial charge in [0, 0.05) is 6.54 Å². The normalized spacial score (nSPS) is 12.1. The van der Waals surface area contributed by atoms with E-state index in [2.05, 4.69) is 4.72 Å². The molecule has 0 saturated carbocycles. The second kappa shape index (κ2) is 7.55. The van der Waals surface area contributed by atoms with Crippen LogP contribution in [-0.4, -0.2) is 25.7 Å². The minimum Gasteiger partial charge on any atom is -0.389 e. The van der Waals surface area contributed by atoms with Crippen molar-refractivity contribution >= 4 is 10.0 Å². The monoisotopic (exact) mass is 310 g/mol. The molecule has 0 aromatic heterocycles. The summed E-state index contributed by atoms with van der Waals surface area (Å²) in [5, 5.41) is 19.1. The van der Waals surface area contributed by atoms with Gasteiger partial charge in [0.05, 0.1) is 22.1 Å². The first-order chi connectivity index (χ1) is 9.87. The number of nitrogens with one attached hydrogen (secondary N) is 1. The highest BCUT2D eigenvalue weighted by Crippen LogP contribution is 2.19. The topological polar surface area (TPSA) is 90.2 Å².